The van der Waals surface area contributed by atoms with Gasteiger partial charge < -0.3 is 10.6 Å². The average Bonchev–Trinajstić information content (AvgIpc) is 3.52. The second kappa shape index (κ2) is 9.61. The van der Waals surface area contributed by atoms with Gasteiger partial charge in [0.15, 0.2) is 0 Å². The molecule has 2 aromatic rings. The van der Waals surface area contributed by atoms with Crippen LogP contribution in [-0.4, -0.2) is 62.2 Å². The molecule has 4 nitrogen and oxygen atoms in total. The van der Waals surface area contributed by atoms with E-state index in [0.29, 0.717) is 0 Å². The molecule has 160 valence electrons. The summed E-state index contributed by atoms with van der Waals surface area (Å²) in [4.78, 5) is 5.21. The summed E-state index contributed by atoms with van der Waals surface area (Å²) in [7, 11) is 0. The van der Waals surface area contributed by atoms with E-state index in [1.807, 2.05) is 0 Å². The van der Waals surface area contributed by atoms with Gasteiger partial charge in [0.05, 0.1) is 0 Å². The van der Waals surface area contributed by atoms with Crippen molar-refractivity contribution < 1.29 is 0 Å². The molecule has 30 heavy (non-hydrogen) atoms. The molecule has 2 aromatic carbocycles. The van der Waals surface area contributed by atoms with E-state index < -0.39 is 0 Å². The molecule has 4 aliphatic heterocycles. The lowest BCUT2D eigenvalue weighted by Gasteiger charge is -2.16. The van der Waals surface area contributed by atoms with E-state index in [2.05, 4.69) is 81.1 Å². The van der Waals surface area contributed by atoms with Gasteiger partial charge in [-0.2, -0.15) is 0 Å². The van der Waals surface area contributed by atoms with Gasteiger partial charge in [0, 0.05) is 39.3 Å². The lowest BCUT2D eigenvalue weighted by molar-refractivity contribution is 0.305. The largest absolute Gasteiger partial charge is 0.316 e. The van der Waals surface area contributed by atoms with Gasteiger partial charge in [0.2, 0.25) is 0 Å². The first-order valence-corrected chi connectivity index (χ1v) is 11.8. The maximum Gasteiger partial charge on any atom is 0.0233 e. The minimum Gasteiger partial charge on any atom is -0.316 e. The Hall–Kier alpha value is -1.72. The highest BCUT2D eigenvalue weighted by Gasteiger charge is 2.36. The Morgan fingerprint density at radius 2 is 0.867 bits per heavy atom. The van der Waals surface area contributed by atoms with E-state index in [1.165, 1.54) is 63.5 Å². The van der Waals surface area contributed by atoms with Crippen LogP contribution in [0.1, 0.15) is 11.1 Å². The molecule has 4 heteroatoms. The van der Waals surface area contributed by atoms with Gasteiger partial charge >= 0.3 is 0 Å². The Labute approximate surface area is 181 Å². The zero-order valence-electron chi connectivity index (χ0n) is 18.0. The first-order chi connectivity index (χ1) is 14.8. The molecule has 2 N–H and O–H groups in total. The van der Waals surface area contributed by atoms with Crippen molar-refractivity contribution in [1.82, 2.24) is 20.4 Å². The molecule has 6 rings (SSSR count). The van der Waals surface area contributed by atoms with Crippen molar-refractivity contribution in [1.29, 1.82) is 0 Å². The van der Waals surface area contributed by atoms with Crippen LogP contribution in [0.4, 0.5) is 0 Å². The minimum absolute atomic E-state index is 0.911. The fraction of sp³-hybridized carbons (Fsp3) is 0.538. The zero-order chi connectivity index (χ0) is 20.2. The lowest BCUT2D eigenvalue weighted by Crippen LogP contribution is -2.25. The quantitative estimate of drug-likeness (QED) is 0.820. The molecule has 4 aliphatic rings. The van der Waals surface area contributed by atoms with E-state index >= 15 is 0 Å². The fourth-order valence-corrected chi connectivity index (χ4v) is 5.85. The van der Waals surface area contributed by atoms with E-state index in [0.717, 1.165) is 36.8 Å². The SMILES string of the molecule is c1ccc(CN2C[C@H]3CNC[C@H]3C2)cc1.c1ccc(CN2C[C@H]3CNC[C@H]3C2)cc1. The molecule has 0 aliphatic carbocycles. The van der Waals surface area contributed by atoms with Crippen LogP contribution >= 0.6 is 0 Å². The van der Waals surface area contributed by atoms with E-state index in [1.54, 1.807) is 0 Å². The minimum atomic E-state index is 0.911. The van der Waals surface area contributed by atoms with E-state index in [9.17, 15) is 0 Å². The number of benzene rings is 2. The van der Waals surface area contributed by atoms with Gasteiger partial charge in [-0.05, 0) is 61.0 Å². The fourth-order valence-electron chi connectivity index (χ4n) is 5.85. The molecule has 4 heterocycles. The summed E-state index contributed by atoms with van der Waals surface area (Å²) in [5, 5.41) is 6.96. The Morgan fingerprint density at radius 3 is 1.20 bits per heavy atom. The van der Waals surface area contributed by atoms with Crippen LogP contribution < -0.4 is 10.6 Å². The summed E-state index contributed by atoms with van der Waals surface area (Å²) in [5.41, 5.74) is 2.90. The number of hydrogen-bond acceptors (Lipinski definition) is 4. The molecule has 0 bridgehead atoms. The molecule has 0 amide bonds. The maximum atomic E-state index is 3.48. The van der Waals surface area contributed by atoms with Crippen LogP contribution in [0.2, 0.25) is 0 Å². The summed E-state index contributed by atoms with van der Waals surface area (Å²) < 4.78 is 0. The average molecular weight is 405 g/mol. The topological polar surface area (TPSA) is 30.5 Å². The summed E-state index contributed by atoms with van der Waals surface area (Å²) in [5.74, 6) is 3.64. The third-order valence-corrected chi connectivity index (χ3v) is 7.43. The Bertz CT molecular complexity index is 689. The van der Waals surface area contributed by atoms with E-state index in [-0.39, 0.29) is 0 Å². The van der Waals surface area contributed by atoms with Crippen molar-refractivity contribution in [3.63, 3.8) is 0 Å². The van der Waals surface area contributed by atoms with Gasteiger partial charge in [-0.15, -0.1) is 0 Å². The van der Waals surface area contributed by atoms with E-state index in [4.69, 9.17) is 0 Å². The van der Waals surface area contributed by atoms with Gasteiger partial charge in [-0.1, -0.05) is 60.7 Å². The Morgan fingerprint density at radius 1 is 0.533 bits per heavy atom. The van der Waals surface area contributed by atoms with Crippen LogP contribution in [0, 0.1) is 23.7 Å². The molecule has 0 radical (unpaired) electrons. The van der Waals surface area contributed by atoms with Crippen molar-refractivity contribution in [2.24, 2.45) is 23.7 Å². The first-order valence-electron chi connectivity index (χ1n) is 11.8. The third kappa shape index (κ3) is 4.94. The van der Waals surface area contributed by atoms with Gasteiger partial charge in [0.1, 0.15) is 0 Å². The zero-order valence-corrected chi connectivity index (χ0v) is 18.0. The van der Waals surface area contributed by atoms with Gasteiger partial charge in [-0.25, -0.2) is 0 Å². The molecule has 0 spiro atoms. The smallest absolute Gasteiger partial charge is 0.0233 e. The molecular weight excluding hydrogens is 368 g/mol. The number of nitrogens with zero attached hydrogens (tertiary/aromatic N) is 2. The number of rotatable bonds is 4. The van der Waals surface area contributed by atoms with Crippen molar-refractivity contribution in [2.75, 3.05) is 52.4 Å². The highest BCUT2D eigenvalue weighted by atomic mass is 15.2. The number of likely N-dealkylation sites (tertiary alicyclic amines) is 2. The summed E-state index contributed by atoms with van der Waals surface area (Å²) in [6.45, 7) is 12.3. The molecule has 4 atom stereocenters. The molecule has 4 fully saturated rings. The summed E-state index contributed by atoms with van der Waals surface area (Å²) >= 11 is 0. The Kier molecular flexibility index (Phi) is 6.47. The van der Waals surface area contributed by atoms with Gasteiger partial charge in [0.25, 0.3) is 0 Å². The molecule has 0 unspecified atom stereocenters. The van der Waals surface area contributed by atoms with Crippen LogP contribution in [0.3, 0.4) is 0 Å². The first kappa shape index (κ1) is 20.2. The normalized spacial score (nSPS) is 30.7. The maximum absolute atomic E-state index is 3.48. The second-order valence-corrected chi connectivity index (χ2v) is 9.72. The van der Waals surface area contributed by atoms with Crippen LogP contribution in [-0.2, 0) is 13.1 Å². The number of fused-ring (bicyclic) bond motifs is 2. The standard InChI is InChI=1S/2C13H18N2/c2*1-2-4-11(5-3-1)8-15-9-12-6-14-7-13(12)10-15/h2*1-5,12-14H,6-10H2/t2*12-,13+. The number of hydrogen-bond donors (Lipinski definition) is 2. The highest BCUT2D eigenvalue weighted by Crippen LogP contribution is 2.28. The lowest BCUT2D eigenvalue weighted by atomic mass is 10.0. The number of nitrogens with one attached hydrogen (secondary N) is 2. The second-order valence-electron chi connectivity index (χ2n) is 9.72. The van der Waals surface area contributed by atoms with Crippen LogP contribution in [0.25, 0.3) is 0 Å². The predicted molar refractivity (Wildman–Crippen MR) is 123 cm³/mol. The molecule has 4 saturated heterocycles. The molecule has 0 aromatic heterocycles. The molecule has 0 saturated carbocycles. The summed E-state index contributed by atoms with van der Waals surface area (Å²) in [6.07, 6.45) is 0. The van der Waals surface area contributed by atoms with Crippen molar-refractivity contribution in [3.8, 4) is 0 Å². The summed E-state index contributed by atoms with van der Waals surface area (Å²) in [6, 6.07) is 21.6. The monoisotopic (exact) mass is 404 g/mol. The Balaban J connectivity index is 0.000000128. The van der Waals surface area contributed by atoms with Crippen molar-refractivity contribution in [2.45, 2.75) is 13.1 Å². The molecular formula is C26H36N4. The predicted octanol–water partition coefficient (Wildman–Crippen LogP) is 2.68. The highest BCUT2D eigenvalue weighted by molar-refractivity contribution is 5.15. The van der Waals surface area contributed by atoms with Crippen molar-refractivity contribution >= 4 is 0 Å². The van der Waals surface area contributed by atoms with Crippen LogP contribution in [0.5, 0.6) is 0 Å². The third-order valence-electron chi connectivity index (χ3n) is 7.43. The van der Waals surface area contributed by atoms with Gasteiger partial charge in [-0.3, -0.25) is 9.80 Å². The van der Waals surface area contributed by atoms with Crippen molar-refractivity contribution in [3.05, 3.63) is 71.8 Å². The van der Waals surface area contributed by atoms with Crippen LogP contribution in [0.15, 0.2) is 60.7 Å².